The van der Waals surface area contributed by atoms with Gasteiger partial charge in [0.15, 0.2) is 0 Å². The molecule has 0 N–H and O–H groups in total. The molecule has 0 spiro atoms. The number of carbonyl (C=O) groups excluding carboxylic acids is 2. The maximum Gasteiger partial charge on any atom is 0.145 e. The molecule has 0 radical (unpaired) electrons. The van der Waals surface area contributed by atoms with Crippen LogP contribution in [0.4, 0.5) is 0 Å². The highest BCUT2D eigenvalue weighted by atomic mass is 16.1. The summed E-state index contributed by atoms with van der Waals surface area (Å²) in [5, 5.41) is 0. The van der Waals surface area contributed by atoms with Crippen LogP contribution >= 0.6 is 0 Å². The molecule has 0 aromatic heterocycles. The third kappa shape index (κ3) is 5.52. The van der Waals surface area contributed by atoms with Gasteiger partial charge in [-0.05, 0) is 24.3 Å². The Labute approximate surface area is 67.3 Å². The lowest BCUT2D eigenvalue weighted by molar-refractivity contribution is -0.108. The second-order valence-electron chi connectivity index (χ2n) is 2.83. The van der Waals surface area contributed by atoms with E-state index in [1.165, 1.54) is 0 Å². The van der Waals surface area contributed by atoms with Crippen molar-refractivity contribution in [1.82, 2.24) is 0 Å². The topological polar surface area (TPSA) is 34.1 Å². The molecule has 0 saturated carbocycles. The van der Waals surface area contributed by atoms with Gasteiger partial charge in [-0.25, -0.2) is 0 Å². The summed E-state index contributed by atoms with van der Waals surface area (Å²) in [5.74, 6) is 0.387. The van der Waals surface area contributed by atoms with Crippen molar-refractivity contribution in [3.63, 3.8) is 0 Å². The summed E-state index contributed by atoms with van der Waals surface area (Å²) in [6.45, 7) is 5.58. The lowest BCUT2D eigenvalue weighted by Gasteiger charge is -2.06. The van der Waals surface area contributed by atoms with Gasteiger partial charge in [0.2, 0.25) is 0 Å². The van der Waals surface area contributed by atoms with Crippen LogP contribution in [0.3, 0.4) is 0 Å². The monoisotopic (exact) mass is 154 g/mol. The van der Waals surface area contributed by atoms with Crippen molar-refractivity contribution in [2.45, 2.75) is 26.2 Å². The quantitative estimate of drug-likeness (QED) is 0.431. The van der Waals surface area contributed by atoms with Crippen LogP contribution in [0.2, 0.25) is 0 Å². The lowest BCUT2D eigenvalue weighted by Crippen LogP contribution is -1.97. The van der Waals surface area contributed by atoms with Crippen molar-refractivity contribution in [3.05, 3.63) is 12.2 Å². The van der Waals surface area contributed by atoms with Crippen molar-refractivity contribution >= 4 is 12.6 Å². The second-order valence-corrected chi connectivity index (χ2v) is 2.83. The molecule has 0 heterocycles. The van der Waals surface area contributed by atoms with Crippen molar-refractivity contribution in [3.8, 4) is 0 Å². The number of hydrogen-bond donors (Lipinski definition) is 0. The summed E-state index contributed by atoms with van der Waals surface area (Å²) in [7, 11) is 0. The summed E-state index contributed by atoms with van der Waals surface area (Å²) in [6, 6.07) is 0. The SMILES string of the molecule is C=C(C=O)CC(C)CCC=O. The lowest BCUT2D eigenvalue weighted by atomic mass is 9.98. The van der Waals surface area contributed by atoms with Gasteiger partial charge in [-0.15, -0.1) is 0 Å². The molecule has 0 aliphatic rings. The van der Waals surface area contributed by atoms with Crippen LogP contribution in [-0.2, 0) is 9.59 Å². The summed E-state index contributed by atoms with van der Waals surface area (Å²) in [6.07, 6.45) is 3.80. The summed E-state index contributed by atoms with van der Waals surface area (Å²) >= 11 is 0. The Morgan fingerprint density at radius 2 is 2.18 bits per heavy atom. The molecule has 0 amide bonds. The van der Waals surface area contributed by atoms with Gasteiger partial charge in [0.25, 0.3) is 0 Å². The molecule has 0 saturated heterocycles. The van der Waals surface area contributed by atoms with E-state index < -0.39 is 0 Å². The van der Waals surface area contributed by atoms with Crippen LogP contribution in [0.25, 0.3) is 0 Å². The van der Waals surface area contributed by atoms with Crippen LogP contribution in [0, 0.1) is 5.92 Å². The van der Waals surface area contributed by atoms with Gasteiger partial charge in [0.05, 0.1) is 0 Å². The number of hydrogen-bond acceptors (Lipinski definition) is 2. The summed E-state index contributed by atoms with van der Waals surface area (Å²) < 4.78 is 0. The molecule has 0 aromatic carbocycles. The first kappa shape index (κ1) is 10.1. The molecule has 0 rings (SSSR count). The van der Waals surface area contributed by atoms with Crippen molar-refractivity contribution in [1.29, 1.82) is 0 Å². The Hall–Kier alpha value is -0.920. The molecule has 0 aliphatic carbocycles. The Morgan fingerprint density at radius 1 is 1.55 bits per heavy atom. The van der Waals surface area contributed by atoms with Crippen LogP contribution in [0.5, 0.6) is 0 Å². The Bertz CT molecular complexity index is 150. The molecule has 0 aromatic rings. The van der Waals surface area contributed by atoms with Gasteiger partial charge >= 0.3 is 0 Å². The van der Waals surface area contributed by atoms with Crippen molar-refractivity contribution < 1.29 is 9.59 Å². The molecule has 11 heavy (non-hydrogen) atoms. The first-order chi connectivity index (χ1) is 5.20. The minimum atomic E-state index is 0.387. The predicted molar refractivity (Wildman–Crippen MR) is 44.3 cm³/mol. The largest absolute Gasteiger partial charge is 0.303 e. The van der Waals surface area contributed by atoms with E-state index in [1.54, 1.807) is 0 Å². The van der Waals surface area contributed by atoms with E-state index >= 15 is 0 Å². The fourth-order valence-electron chi connectivity index (χ4n) is 0.950. The van der Waals surface area contributed by atoms with Gasteiger partial charge < -0.3 is 4.79 Å². The van der Waals surface area contributed by atoms with Crippen LogP contribution in [0.1, 0.15) is 26.2 Å². The standard InChI is InChI=1S/C9H14O2/c1-8(4-3-5-10)6-9(2)7-11/h5,7-8H,2-4,6H2,1H3. The van der Waals surface area contributed by atoms with E-state index in [4.69, 9.17) is 0 Å². The minimum absolute atomic E-state index is 0.387. The van der Waals surface area contributed by atoms with Crippen LogP contribution in [-0.4, -0.2) is 12.6 Å². The normalized spacial score (nSPS) is 12.1. The van der Waals surface area contributed by atoms with Crippen molar-refractivity contribution in [2.75, 3.05) is 0 Å². The second kappa shape index (κ2) is 5.83. The zero-order chi connectivity index (χ0) is 8.69. The molecule has 2 nitrogen and oxygen atoms in total. The van der Waals surface area contributed by atoms with E-state index in [-0.39, 0.29) is 0 Å². The van der Waals surface area contributed by atoms with Crippen LogP contribution < -0.4 is 0 Å². The first-order valence-electron chi connectivity index (χ1n) is 3.77. The van der Waals surface area contributed by atoms with Gasteiger partial charge in [-0.2, -0.15) is 0 Å². The van der Waals surface area contributed by atoms with Gasteiger partial charge in [-0.1, -0.05) is 13.5 Å². The molecule has 1 atom stereocenters. The third-order valence-electron chi connectivity index (χ3n) is 1.55. The van der Waals surface area contributed by atoms with E-state index in [9.17, 15) is 9.59 Å². The fourth-order valence-corrected chi connectivity index (χ4v) is 0.950. The van der Waals surface area contributed by atoms with E-state index in [1.807, 2.05) is 6.92 Å². The average Bonchev–Trinajstić information content (AvgIpc) is 2.00. The molecule has 0 bridgehead atoms. The maximum absolute atomic E-state index is 10.1. The Balaban J connectivity index is 3.50. The highest BCUT2D eigenvalue weighted by Gasteiger charge is 2.02. The smallest absolute Gasteiger partial charge is 0.145 e. The molecular weight excluding hydrogens is 140 g/mol. The average molecular weight is 154 g/mol. The predicted octanol–water partition coefficient (Wildman–Crippen LogP) is 1.75. The van der Waals surface area contributed by atoms with E-state index in [2.05, 4.69) is 6.58 Å². The molecule has 0 aliphatic heterocycles. The van der Waals surface area contributed by atoms with Gasteiger partial charge in [0.1, 0.15) is 12.6 Å². The Morgan fingerprint density at radius 3 is 2.64 bits per heavy atom. The Kier molecular flexibility index (Phi) is 5.35. The van der Waals surface area contributed by atoms with E-state index in [0.717, 1.165) is 19.0 Å². The van der Waals surface area contributed by atoms with E-state index in [0.29, 0.717) is 24.3 Å². The minimum Gasteiger partial charge on any atom is -0.303 e. The summed E-state index contributed by atoms with van der Waals surface area (Å²) in [5.41, 5.74) is 0.614. The third-order valence-corrected chi connectivity index (χ3v) is 1.55. The zero-order valence-corrected chi connectivity index (χ0v) is 6.88. The first-order valence-corrected chi connectivity index (χ1v) is 3.77. The molecule has 1 unspecified atom stereocenters. The number of rotatable bonds is 6. The van der Waals surface area contributed by atoms with Crippen LogP contribution in [0.15, 0.2) is 12.2 Å². The zero-order valence-electron chi connectivity index (χ0n) is 6.88. The molecular formula is C9H14O2. The molecule has 0 fully saturated rings. The van der Waals surface area contributed by atoms with Gasteiger partial charge in [-0.3, -0.25) is 4.79 Å². The highest BCUT2D eigenvalue weighted by Crippen LogP contribution is 2.12. The highest BCUT2D eigenvalue weighted by molar-refractivity contribution is 5.71. The maximum atomic E-state index is 10.1. The molecule has 2 heteroatoms. The molecule has 62 valence electrons. The summed E-state index contributed by atoms with van der Waals surface area (Å²) in [4.78, 5) is 20.1. The number of carbonyl (C=O) groups is 2. The fraction of sp³-hybridized carbons (Fsp3) is 0.556. The van der Waals surface area contributed by atoms with Crippen molar-refractivity contribution in [2.24, 2.45) is 5.92 Å². The van der Waals surface area contributed by atoms with Gasteiger partial charge in [0, 0.05) is 6.42 Å². The number of allylic oxidation sites excluding steroid dienone is 1. The number of aldehydes is 2.